The fraction of sp³-hybridized carbons (Fsp3) is 0.667. The molecule has 6 heteroatoms. The Balaban J connectivity index is 4.20. The second-order valence-electron chi connectivity index (χ2n) is 3.31. The van der Waals surface area contributed by atoms with Gasteiger partial charge in [-0.25, -0.2) is 0 Å². The Bertz CT molecular complexity index is 254. The number of rotatable bonds is 11. The topological polar surface area (TPSA) is 36.9 Å². The van der Waals surface area contributed by atoms with Gasteiger partial charge in [0.15, 0.2) is 12.6 Å². The molecule has 0 rings (SSSR count). The summed E-state index contributed by atoms with van der Waals surface area (Å²) in [5.74, 6) is 0.164. The number of hydrogen-bond donors (Lipinski definition) is 0. The molecule has 0 aliphatic carbocycles. The van der Waals surface area contributed by atoms with Gasteiger partial charge in [0.1, 0.15) is 6.10 Å². The molecule has 0 fully saturated rings. The van der Waals surface area contributed by atoms with Crippen molar-refractivity contribution in [3.05, 3.63) is 22.2 Å². The molecule has 0 aromatic rings. The number of methoxy groups -OCH3 is 1. The molecule has 0 N–H and O–H groups in total. The van der Waals surface area contributed by atoms with Gasteiger partial charge in [-0.1, -0.05) is 13.0 Å². The molecule has 0 aliphatic heterocycles. The van der Waals surface area contributed by atoms with Crippen LogP contribution in [-0.2, 0) is 18.9 Å². The van der Waals surface area contributed by atoms with Crippen molar-refractivity contribution in [2.45, 2.75) is 19.4 Å². The van der Waals surface area contributed by atoms with E-state index in [0.29, 0.717) is 26.2 Å². The third-order valence-electron chi connectivity index (χ3n) is 1.99. The van der Waals surface area contributed by atoms with Gasteiger partial charge in [0, 0.05) is 7.11 Å². The van der Waals surface area contributed by atoms with Gasteiger partial charge in [-0.3, -0.25) is 0 Å². The van der Waals surface area contributed by atoms with Crippen LogP contribution in [0.15, 0.2) is 22.2 Å². The predicted octanol–water partition coefficient (Wildman–Crippen LogP) is 3.18. The van der Waals surface area contributed by atoms with Crippen LogP contribution in [0.25, 0.3) is 0 Å². The molecule has 0 amide bonds. The van der Waals surface area contributed by atoms with Gasteiger partial charge >= 0.3 is 0 Å². The van der Waals surface area contributed by atoms with E-state index in [9.17, 15) is 4.39 Å². The first-order valence-corrected chi connectivity index (χ1v) is 6.72. The van der Waals surface area contributed by atoms with Gasteiger partial charge in [0.05, 0.1) is 19.8 Å². The van der Waals surface area contributed by atoms with E-state index in [1.165, 1.54) is 0 Å². The second-order valence-corrected chi connectivity index (χ2v) is 4.25. The van der Waals surface area contributed by atoms with Crippen LogP contribution in [-0.4, -0.2) is 39.8 Å². The first-order valence-electron chi connectivity index (χ1n) is 5.64. The van der Waals surface area contributed by atoms with Crippen molar-refractivity contribution in [3.63, 3.8) is 0 Å². The van der Waals surface area contributed by atoms with Crippen LogP contribution in [0.1, 0.15) is 13.3 Å². The van der Waals surface area contributed by atoms with Crippen molar-refractivity contribution in [2.75, 3.05) is 33.7 Å². The molecule has 0 saturated heterocycles. The third kappa shape index (κ3) is 8.02. The van der Waals surface area contributed by atoms with E-state index < -0.39 is 9.94 Å². The van der Waals surface area contributed by atoms with Gasteiger partial charge in [-0.15, -0.1) is 6.58 Å². The number of halogens is 2. The lowest BCUT2D eigenvalue weighted by Gasteiger charge is -2.19. The van der Waals surface area contributed by atoms with E-state index in [0.717, 1.165) is 0 Å². The van der Waals surface area contributed by atoms with Crippen LogP contribution < -0.4 is 0 Å². The van der Waals surface area contributed by atoms with Crippen LogP contribution in [0, 0.1) is 0 Å². The fourth-order valence-electron chi connectivity index (χ4n) is 1.14. The van der Waals surface area contributed by atoms with Crippen molar-refractivity contribution >= 4 is 22.6 Å². The van der Waals surface area contributed by atoms with Crippen LogP contribution in [0.2, 0.25) is 0 Å². The van der Waals surface area contributed by atoms with Crippen molar-refractivity contribution < 1.29 is 23.3 Å². The van der Waals surface area contributed by atoms with E-state index >= 15 is 0 Å². The average molecular weight is 374 g/mol. The molecule has 106 valence electrons. The lowest BCUT2D eigenvalue weighted by atomic mass is 10.2. The largest absolute Gasteiger partial charge is 0.466 e. The Morgan fingerprint density at radius 1 is 1.44 bits per heavy atom. The maximum Gasteiger partial charge on any atom is 0.200 e. The highest BCUT2D eigenvalue weighted by Gasteiger charge is 2.18. The highest BCUT2D eigenvalue weighted by molar-refractivity contribution is 14.1. The molecule has 18 heavy (non-hydrogen) atoms. The lowest BCUT2D eigenvalue weighted by molar-refractivity contribution is -0.0633. The monoisotopic (exact) mass is 374 g/mol. The zero-order valence-corrected chi connectivity index (χ0v) is 12.9. The average Bonchev–Trinajstić information content (AvgIpc) is 2.36. The lowest BCUT2D eigenvalue weighted by Crippen LogP contribution is -2.19. The zero-order valence-electron chi connectivity index (χ0n) is 10.8. The molecular weight excluding hydrogens is 354 g/mol. The standard InChI is InChI=1S/C12H20FIO4/c1-4-6-17-10(5-2)11(12(13)14)18-9-16-8-7-15-3/h4,10H,1,5-9H2,2-3H3/b12-11+. The minimum Gasteiger partial charge on any atom is -0.466 e. The quantitative estimate of drug-likeness (QED) is 0.183. The Morgan fingerprint density at radius 3 is 2.67 bits per heavy atom. The first-order chi connectivity index (χ1) is 8.67. The van der Waals surface area contributed by atoms with Crippen molar-refractivity contribution in [1.82, 2.24) is 0 Å². The van der Waals surface area contributed by atoms with Gasteiger partial charge < -0.3 is 18.9 Å². The van der Waals surface area contributed by atoms with Gasteiger partial charge in [0.2, 0.25) is 3.83 Å². The highest BCUT2D eigenvalue weighted by atomic mass is 127. The fourth-order valence-corrected chi connectivity index (χ4v) is 1.64. The molecule has 0 radical (unpaired) electrons. The van der Waals surface area contributed by atoms with E-state index in [1.807, 2.05) is 6.92 Å². The van der Waals surface area contributed by atoms with Gasteiger partial charge in [-0.05, 0) is 29.0 Å². The first kappa shape index (κ1) is 17.8. The summed E-state index contributed by atoms with van der Waals surface area (Å²) in [6.07, 6.45) is 1.80. The normalized spacial score (nSPS) is 14.0. The summed E-state index contributed by atoms with van der Waals surface area (Å²) in [7, 11) is 1.58. The molecule has 1 atom stereocenters. The smallest absolute Gasteiger partial charge is 0.200 e. The molecular formula is C12H20FIO4. The second kappa shape index (κ2) is 11.9. The molecule has 4 nitrogen and oxygen atoms in total. The highest BCUT2D eigenvalue weighted by Crippen LogP contribution is 2.22. The Kier molecular flexibility index (Phi) is 11.8. The van der Waals surface area contributed by atoms with E-state index in [4.69, 9.17) is 18.9 Å². The molecule has 0 aliphatic rings. The summed E-state index contributed by atoms with van der Waals surface area (Å²) in [5, 5.41) is 0. The summed E-state index contributed by atoms with van der Waals surface area (Å²) in [5.41, 5.74) is 0. The maximum absolute atomic E-state index is 13.4. The molecule has 0 bridgehead atoms. The SMILES string of the molecule is C=CCOC(CC)/C(OCOCCOC)=C(/F)I. The van der Waals surface area contributed by atoms with Gasteiger partial charge in [0.25, 0.3) is 0 Å². The zero-order chi connectivity index (χ0) is 13.8. The predicted molar refractivity (Wildman–Crippen MR) is 76.2 cm³/mol. The van der Waals surface area contributed by atoms with Crippen LogP contribution in [0.3, 0.4) is 0 Å². The summed E-state index contributed by atoms with van der Waals surface area (Å²) in [6.45, 7) is 6.64. The number of hydrogen-bond acceptors (Lipinski definition) is 4. The molecule has 0 saturated carbocycles. The Hall–Kier alpha value is -0.180. The van der Waals surface area contributed by atoms with Crippen molar-refractivity contribution in [2.24, 2.45) is 0 Å². The number of ether oxygens (including phenoxy) is 4. The summed E-state index contributed by atoms with van der Waals surface area (Å²) in [4.78, 5) is 0. The van der Waals surface area contributed by atoms with E-state index in [2.05, 4.69) is 6.58 Å². The minimum atomic E-state index is -0.432. The van der Waals surface area contributed by atoms with Crippen LogP contribution >= 0.6 is 22.6 Å². The molecule has 0 aromatic carbocycles. The molecule has 0 aromatic heterocycles. The van der Waals surface area contributed by atoms with Crippen molar-refractivity contribution in [1.29, 1.82) is 0 Å². The van der Waals surface area contributed by atoms with Crippen molar-refractivity contribution in [3.8, 4) is 0 Å². The molecule has 0 heterocycles. The summed E-state index contributed by atoms with van der Waals surface area (Å²) >= 11 is 1.57. The molecule has 1 unspecified atom stereocenters. The molecule has 0 spiro atoms. The van der Waals surface area contributed by atoms with E-state index in [1.54, 1.807) is 35.8 Å². The Labute approximate surface area is 121 Å². The van der Waals surface area contributed by atoms with E-state index in [-0.39, 0.29) is 12.6 Å². The third-order valence-corrected chi connectivity index (χ3v) is 2.53. The van der Waals surface area contributed by atoms with Crippen LogP contribution in [0.5, 0.6) is 0 Å². The van der Waals surface area contributed by atoms with Gasteiger partial charge in [-0.2, -0.15) is 4.39 Å². The van der Waals surface area contributed by atoms with Crippen LogP contribution in [0.4, 0.5) is 4.39 Å². The maximum atomic E-state index is 13.4. The minimum absolute atomic E-state index is 0.0247. The summed E-state index contributed by atoms with van der Waals surface area (Å²) in [6, 6.07) is 0. The Morgan fingerprint density at radius 2 is 2.17 bits per heavy atom. The summed E-state index contributed by atoms with van der Waals surface area (Å²) < 4.78 is 33.5.